The molecule has 0 saturated heterocycles. The fourth-order valence-electron chi connectivity index (χ4n) is 2.57. The smallest absolute Gasteiger partial charge is 0.271 e. The van der Waals surface area contributed by atoms with E-state index in [1.165, 1.54) is 25.4 Å². The van der Waals surface area contributed by atoms with Crippen LogP contribution in [0.1, 0.15) is 19.9 Å². The summed E-state index contributed by atoms with van der Waals surface area (Å²) < 4.78 is 34.6. The molecule has 1 N–H and O–H groups in total. The van der Waals surface area contributed by atoms with E-state index in [1.807, 2.05) is 13.8 Å². The standard InChI is InChI=1S/C16H17N5O5S/c1-10(2)20-16-11(8-18-20)6-12(9-17-16)19-27(24,25)15-7-13(21(22)23)4-5-14(15)26-3/h4-10,19H,1-3H3. The molecule has 0 radical (unpaired) electrons. The maximum atomic E-state index is 12.7. The van der Waals surface area contributed by atoms with E-state index < -0.39 is 14.9 Å². The number of sulfonamides is 1. The molecule has 2 aromatic heterocycles. The topological polar surface area (TPSA) is 129 Å². The number of nitrogens with zero attached hydrogens (tertiary/aromatic N) is 4. The molecule has 142 valence electrons. The number of pyridine rings is 1. The third-order valence-corrected chi connectivity index (χ3v) is 5.22. The van der Waals surface area contributed by atoms with E-state index in [9.17, 15) is 18.5 Å². The number of nitro groups is 1. The van der Waals surface area contributed by atoms with Gasteiger partial charge < -0.3 is 4.74 Å². The quantitative estimate of drug-likeness (QED) is 0.505. The number of aromatic nitrogens is 3. The normalized spacial score (nSPS) is 11.7. The molecular weight excluding hydrogens is 374 g/mol. The van der Waals surface area contributed by atoms with E-state index in [0.29, 0.717) is 11.0 Å². The van der Waals surface area contributed by atoms with Crippen molar-refractivity contribution in [1.82, 2.24) is 14.8 Å². The number of fused-ring (bicyclic) bond motifs is 1. The van der Waals surface area contributed by atoms with Gasteiger partial charge in [0.15, 0.2) is 5.65 Å². The summed E-state index contributed by atoms with van der Waals surface area (Å²) in [5.41, 5.74) is 0.475. The van der Waals surface area contributed by atoms with Crippen LogP contribution < -0.4 is 9.46 Å². The maximum absolute atomic E-state index is 12.7. The van der Waals surface area contributed by atoms with Crippen LogP contribution in [0.4, 0.5) is 11.4 Å². The first-order chi connectivity index (χ1) is 12.7. The average molecular weight is 391 g/mol. The van der Waals surface area contributed by atoms with Gasteiger partial charge in [-0.1, -0.05) is 0 Å². The average Bonchev–Trinajstić information content (AvgIpc) is 3.04. The van der Waals surface area contributed by atoms with Gasteiger partial charge >= 0.3 is 0 Å². The Hall–Kier alpha value is -3.21. The van der Waals surface area contributed by atoms with Crippen molar-refractivity contribution in [3.8, 4) is 5.75 Å². The highest BCUT2D eigenvalue weighted by Crippen LogP contribution is 2.30. The van der Waals surface area contributed by atoms with Crippen molar-refractivity contribution in [3.05, 3.63) is 46.8 Å². The first-order valence-corrected chi connectivity index (χ1v) is 9.40. The number of nitro benzene ring substituents is 1. The fourth-order valence-corrected chi connectivity index (χ4v) is 3.80. The number of ether oxygens (including phenoxy) is 1. The van der Waals surface area contributed by atoms with Gasteiger partial charge in [0, 0.05) is 23.6 Å². The molecule has 1 aromatic carbocycles. The van der Waals surface area contributed by atoms with E-state index in [4.69, 9.17) is 4.74 Å². The lowest BCUT2D eigenvalue weighted by Gasteiger charge is -2.11. The van der Waals surface area contributed by atoms with E-state index in [-0.39, 0.29) is 28.1 Å². The molecule has 0 spiro atoms. The molecule has 0 saturated carbocycles. The lowest BCUT2D eigenvalue weighted by molar-refractivity contribution is -0.385. The minimum absolute atomic E-state index is 0.00485. The van der Waals surface area contributed by atoms with Crippen LogP contribution in [-0.4, -0.2) is 35.2 Å². The molecule has 0 aliphatic heterocycles. The highest BCUT2D eigenvalue weighted by atomic mass is 32.2. The second kappa shape index (κ2) is 6.83. The van der Waals surface area contributed by atoms with E-state index in [0.717, 1.165) is 6.07 Å². The summed E-state index contributed by atoms with van der Waals surface area (Å²) in [6.07, 6.45) is 2.96. The Kier molecular flexibility index (Phi) is 4.70. The van der Waals surface area contributed by atoms with Crippen LogP contribution in [0.5, 0.6) is 5.75 Å². The fraction of sp³-hybridized carbons (Fsp3) is 0.250. The zero-order valence-electron chi connectivity index (χ0n) is 14.8. The SMILES string of the molecule is COc1ccc([N+](=O)[O-])cc1S(=O)(=O)Nc1cnc2c(cnn2C(C)C)c1. The summed E-state index contributed by atoms with van der Waals surface area (Å²) in [4.78, 5) is 14.2. The lowest BCUT2D eigenvalue weighted by atomic mass is 10.3. The maximum Gasteiger partial charge on any atom is 0.271 e. The van der Waals surface area contributed by atoms with Crippen molar-refractivity contribution in [3.63, 3.8) is 0 Å². The van der Waals surface area contributed by atoms with Crippen LogP contribution in [-0.2, 0) is 10.0 Å². The Bertz CT molecular complexity index is 1120. The van der Waals surface area contributed by atoms with Crippen LogP contribution in [0.3, 0.4) is 0 Å². The summed E-state index contributed by atoms with van der Waals surface area (Å²) in [7, 11) is -2.85. The molecule has 3 aromatic rings. The van der Waals surface area contributed by atoms with Crippen LogP contribution in [0.15, 0.2) is 41.6 Å². The molecular formula is C16H17N5O5S. The molecule has 10 nitrogen and oxygen atoms in total. The molecule has 0 aliphatic rings. The van der Waals surface area contributed by atoms with Gasteiger partial charge in [-0.25, -0.2) is 18.1 Å². The van der Waals surface area contributed by atoms with Crippen molar-refractivity contribution in [2.24, 2.45) is 0 Å². The minimum atomic E-state index is -4.14. The molecule has 0 bridgehead atoms. The molecule has 0 fully saturated rings. The Morgan fingerprint density at radius 2 is 2.00 bits per heavy atom. The van der Waals surface area contributed by atoms with Gasteiger partial charge in [-0.3, -0.25) is 14.8 Å². The second-order valence-electron chi connectivity index (χ2n) is 6.02. The number of benzene rings is 1. The summed E-state index contributed by atoms with van der Waals surface area (Å²) in [6, 6.07) is 5.05. The van der Waals surface area contributed by atoms with Gasteiger partial charge in [0.05, 0.1) is 30.1 Å². The van der Waals surface area contributed by atoms with Crippen LogP contribution >= 0.6 is 0 Å². The Balaban J connectivity index is 2.00. The first-order valence-electron chi connectivity index (χ1n) is 7.91. The van der Waals surface area contributed by atoms with Gasteiger partial charge in [-0.15, -0.1) is 0 Å². The molecule has 0 aliphatic carbocycles. The van der Waals surface area contributed by atoms with Crippen LogP contribution in [0, 0.1) is 10.1 Å². The predicted molar refractivity (Wildman–Crippen MR) is 98.4 cm³/mol. The van der Waals surface area contributed by atoms with Crippen LogP contribution in [0.2, 0.25) is 0 Å². The molecule has 3 rings (SSSR count). The third-order valence-electron chi connectivity index (χ3n) is 3.82. The highest BCUT2D eigenvalue weighted by Gasteiger charge is 2.23. The number of nitrogens with one attached hydrogen (secondary N) is 1. The molecule has 0 atom stereocenters. The van der Waals surface area contributed by atoms with Gasteiger partial charge in [0.25, 0.3) is 15.7 Å². The van der Waals surface area contributed by atoms with Crippen molar-refractivity contribution < 1.29 is 18.1 Å². The molecule has 0 unspecified atom stereocenters. The molecule has 11 heteroatoms. The first kappa shape index (κ1) is 18.6. The highest BCUT2D eigenvalue weighted by molar-refractivity contribution is 7.92. The number of non-ortho nitro benzene ring substituents is 1. The third kappa shape index (κ3) is 3.53. The number of hydrogen-bond acceptors (Lipinski definition) is 7. The number of hydrogen-bond donors (Lipinski definition) is 1. The van der Waals surface area contributed by atoms with Crippen LogP contribution in [0.25, 0.3) is 11.0 Å². The van der Waals surface area contributed by atoms with E-state index in [1.54, 1.807) is 16.9 Å². The lowest BCUT2D eigenvalue weighted by Crippen LogP contribution is -2.14. The zero-order valence-corrected chi connectivity index (χ0v) is 15.6. The summed E-state index contributed by atoms with van der Waals surface area (Å²) in [5.74, 6) is -0.00485. The van der Waals surface area contributed by atoms with Gasteiger partial charge in [0.1, 0.15) is 10.6 Å². The van der Waals surface area contributed by atoms with E-state index in [2.05, 4.69) is 14.8 Å². The van der Waals surface area contributed by atoms with Crippen molar-refractivity contribution in [2.45, 2.75) is 24.8 Å². The molecule has 2 heterocycles. The zero-order chi connectivity index (χ0) is 19.8. The Labute approximate surface area is 155 Å². The largest absolute Gasteiger partial charge is 0.495 e. The van der Waals surface area contributed by atoms with Crippen molar-refractivity contribution in [2.75, 3.05) is 11.8 Å². The summed E-state index contributed by atoms with van der Waals surface area (Å²) in [6.45, 7) is 3.92. The monoisotopic (exact) mass is 391 g/mol. The van der Waals surface area contributed by atoms with Gasteiger partial charge in [-0.05, 0) is 26.0 Å². The molecule has 0 amide bonds. The van der Waals surface area contributed by atoms with Crippen molar-refractivity contribution in [1.29, 1.82) is 0 Å². The Morgan fingerprint density at radius 3 is 2.63 bits per heavy atom. The predicted octanol–water partition coefficient (Wildman–Crippen LogP) is 2.73. The summed E-state index contributed by atoms with van der Waals surface area (Å²) >= 11 is 0. The summed E-state index contributed by atoms with van der Waals surface area (Å²) in [5, 5.41) is 15.9. The van der Waals surface area contributed by atoms with Gasteiger partial charge in [0.2, 0.25) is 0 Å². The van der Waals surface area contributed by atoms with Gasteiger partial charge in [-0.2, -0.15) is 5.10 Å². The van der Waals surface area contributed by atoms with E-state index >= 15 is 0 Å². The number of rotatable bonds is 6. The Morgan fingerprint density at radius 1 is 1.26 bits per heavy atom. The molecule has 27 heavy (non-hydrogen) atoms. The van der Waals surface area contributed by atoms with Crippen molar-refractivity contribution >= 4 is 32.4 Å². The second-order valence-corrected chi connectivity index (χ2v) is 7.67. The minimum Gasteiger partial charge on any atom is -0.495 e. The number of anilines is 1. The number of methoxy groups -OCH3 is 1.